The van der Waals surface area contributed by atoms with Crippen LogP contribution >= 0.6 is 22.9 Å². The lowest BCUT2D eigenvalue weighted by molar-refractivity contribution is 0.412. The first-order valence-corrected chi connectivity index (χ1v) is 11.4. The number of anilines is 1. The highest BCUT2D eigenvalue weighted by atomic mass is 35.5. The summed E-state index contributed by atoms with van der Waals surface area (Å²) in [5, 5.41) is 1.42. The van der Waals surface area contributed by atoms with Gasteiger partial charge in [0.2, 0.25) is 0 Å². The molecule has 162 valence electrons. The highest BCUT2D eigenvalue weighted by Crippen LogP contribution is 2.41. The van der Waals surface area contributed by atoms with Crippen LogP contribution in [-0.2, 0) is 0 Å². The van der Waals surface area contributed by atoms with E-state index in [1.807, 2.05) is 38.1 Å². The molecule has 0 bridgehead atoms. The second-order valence-corrected chi connectivity index (χ2v) is 8.98. The van der Waals surface area contributed by atoms with Crippen molar-refractivity contribution in [1.29, 1.82) is 0 Å². The summed E-state index contributed by atoms with van der Waals surface area (Å²) in [6, 6.07) is 10.5. The number of methoxy groups -OCH3 is 1. The van der Waals surface area contributed by atoms with E-state index in [1.165, 1.54) is 12.1 Å². The first kappa shape index (κ1) is 23.1. The molecule has 3 aromatic rings. The summed E-state index contributed by atoms with van der Waals surface area (Å²) < 4.78 is 18.9. The minimum atomic E-state index is -0.251. The number of thiazole rings is 1. The van der Waals surface area contributed by atoms with Crippen molar-refractivity contribution in [2.45, 2.75) is 39.7 Å². The molecule has 0 radical (unpaired) electrons. The van der Waals surface area contributed by atoms with Gasteiger partial charge in [-0.05, 0) is 55.7 Å². The third-order valence-electron chi connectivity index (χ3n) is 5.23. The quantitative estimate of drug-likeness (QED) is 0.335. The molecule has 0 spiro atoms. The van der Waals surface area contributed by atoms with Crippen molar-refractivity contribution < 1.29 is 9.13 Å². The third kappa shape index (κ3) is 5.03. The lowest BCUT2D eigenvalue weighted by atomic mass is 10.0. The fourth-order valence-corrected chi connectivity index (χ4v) is 4.91. The Morgan fingerprint density at radius 1 is 1.26 bits per heavy atom. The van der Waals surface area contributed by atoms with Gasteiger partial charge in [-0.1, -0.05) is 43.0 Å². The smallest absolute Gasteiger partial charge is 0.187 e. The van der Waals surface area contributed by atoms with Gasteiger partial charge in [-0.3, -0.25) is 0 Å². The number of hydrogen-bond acceptors (Lipinski definition) is 4. The number of aromatic nitrogens is 1. The Bertz CT molecular complexity index is 1090. The Labute approximate surface area is 192 Å². The monoisotopic (exact) mass is 456 g/mol. The van der Waals surface area contributed by atoms with Gasteiger partial charge >= 0.3 is 0 Å². The minimum Gasteiger partial charge on any atom is -0.496 e. The van der Waals surface area contributed by atoms with Crippen LogP contribution in [0.1, 0.15) is 41.8 Å². The van der Waals surface area contributed by atoms with Gasteiger partial charge in [-0.2, -0.15) is 0 Å². The number of aryl methyl sites for hydroxylation is 2. The number of benzene rings is 2. The summed E-state index contributed by atoms with van der Waals surface area (Å²) in [5.41, 5.74) is 3.72. The second kappa shape index (κ2) is 10.2. The summed E-state index contributed by atoms with van der Waals surface area (Å²) in [5.74, 6) is 3.26. The highest BCUT2D eigenvalue weighted by molar-refractivity contribution is 7.16. The molecule has 3 rings (SSSR count). The van der Waals surface area contributed by atoms with E-state index in [0.717, 1.165) is 51.0 Å². The lowest BCUT2D eigenvalue weighted by Gasteiger charge is -2.30. The van der Waals surface area contributed by atoms with E-state index in [-0.39, 0.29) is 11.9 Å². The van der Waals surface area contributed by atoms with Gasteiger partial charge in [-0.15, -0.1) is 17.8 Å². The van der Waals surface area contributed by atoms with Crippen LogP contribution < -0.4 is 9.64 Å². The van der Waals surface area contributed by atoms with Crippen LogP contribution in [0.15, 0.2) is 36.4 Å². The summed E-state index contributed by atoms with van der Waals surface area (Å²) in [6.07, 6.45) is 7.57. The van der Waals surface area contributed by atoms with E-state index < -0.39 is 0 Å². The SMILES string of the molecule is C#CCN(c1nc(-c2cc(C)c(OC)cc2Cl)c(C)s1)[C@@H](CCC)c1ccc(F)cc1. The van der Waals surface area contributed by atoms with Crippen molar-refractivity contribution in [1.82, 2.24) is 4.98 Å². The molecule has 0 fully saturated rings. The molecule has 3 nitrogen and oxygen atoms in total. The number of ether oxygens (including phenoxy) is 1. The van der Waals surface area contributed by atoms with Gasteiger partial charge in [0.15, 0.2) is 5.13 Å². The number of terminal acetylenes is 1. The summed E-state index contributed by atoms with van der Waals surface area (Å²) in [6.45, 7) is 6.55. The van der Waals surface area contributed by atoms with Crippen LogP contribution in [0.25, 0.3) is 11.3 Å². The topological polar surface area (TPSA) is 25.4 Å². The van der Waals surface area contributed by atoms with E-state index in [1.54, 1.807) is 18.4 Å². The third-order valence-corrected chi connectivity index (χ3v) is 6.55. The molecule has 0 aliphatic carbocycles. The van der Waals surface area contributed by atoms with Crippen molar-refractivity contribution in [2.75, 3.05) is 18.6 Å². The van der Waals surface area contributed by atoms with Crippen molar-refractivity contribution in [2.24, 2.45) is 0 Å². The Kier molecular flexibility index (Phi) is 7.59. The van der Waals surface area contributed by atoms with Crippen LogP contribution in [0.5, 0.6) is 5.75 Å². The molecule has 6 heteroatoms. The molecule has 1 aromatic heterocycles. The normalized spacial score (nSPS) is 11.8. The average molecular weight is 457 g/mol. The fraction of sp³-hybridized carbons (Fsp3) is 0.320. The summed E-state index contributed by atoms with van der Waals surface area (Å²) in [7, 11) is 1.63. The highest BCUT2D eigenvalue weighted by Gasteiger charge is 2.24. The predicted molar refractivity (Wildman–Crippen MR) is 129 cm³/mol. The van der Waals surface area contributed by atoms with E-state index in [2.05, 4.69) is 17.7 Å². The largest absolute Gasteiger partial charge is 0.496 e. The first-order chi connectivity index (χ1) is 14.9. The second-order valence-electron chi connectivity index (χ2n) is 7.39. The van der Waals surface area contributed by atoms with E-state index in [0.29, 0.717) is 11.6 Å². The zero-order chi connectivity index (χ0) is 22.5. The molecular weight excluding hydrogens is 431 g/mol. The number of nitrogens with zero attached hydrogens (tertiary/aromatic N) is 2. The maximum Gasteiger partial charge on any atom is 0.187 e. The fourth-order valence-electron chi connectivity index (χ4n) is 3.69. The molecule has 0 saturated heterocycles. The Morgan fingerprint density at radius 2 is 1.97 bits per heavy atom. The van der Waals surface area contributed by atoms with Crippen molar-refractivity contribution in [3.8, 4) is 29.4 Å². The molecule has 0 unspecified atom stereocenters. The Morgan fingerprint density at radius 3 is 2.58 bits per heavy atom. The molecule has 0 aliphatic heterocycles. The maximum absolute atomic E-state index is 13.5. The number of rotatable bonds is 8. The molecule has 31 heavy (non-hydrogen) atoms. The molecular formula is C25H26ClFN2OS. The standard InChI is InChI=1S/C25H26ClFN2OS/c1-6-8-22(18-9-11-19(27)12-10-18)29(13-7-2)25-28-24(17(4)31-25)20-14-16(3)23(30-5)15-21(20)26/h2,9-12,14-15,22H,6,8,13H2,1,3-5H3/t22-/m0/s1. The van der Waals surface area contributed by atoms with E-state index in [9.17, 15) is 4.39 Å². The average Bonchev–Trinajstić information content (AvgIpc) is 3.13. The van der Waals surface area contributed by atoms with E-state index >= 15 is 0 Å². The minimum absolute atomic E-state index is 0.00752. The number of halogens is 2. The first-order valence-electron chi connectivity index (χ1n) is 10.2. The van der Waals surface area contributed by atoms with Gasteiger partial charge in [0.25, 0.3) is 0 Å². The number of hydrogen-bond donors (Lipinski definition) is 0. The van der Waals surface area contributed by atoms with Gasteiger partial charge in [0, 0.05) is 10.4 Å². The van der Waals surface area contributed by atoms with Crippen LogP contribution in [0.4, 0.5) is 9.52 Å². The predicted octanol–water partition coefficient (Wildman–Crippen LogP) is 7.21. The van der Waals surface area contributed by atoms with Gasteiger partial charge < -0.3 is 9.64 Å². The van der Waals surface area contributed by atoms with Gasteiger partial charge in [0.1, 0.15) is 11.6 Å². The van der Waals surface area contributed by atoms with Crippen molar-refractivity contribution in [3.63, 3.8) is 0 Å². The van der Waals surface area contributed by atoms with Gasteiger partial charge in [-0.25, -0.2) is 9.37 Å². The van der Waals surface area contributed by atoms with Crippen LogP contribution in [-0.4, -0.2) is 18.6 Å². The van der Waals surface area contributed by atoms with Crippen LogP contribution in [0.3, 0.4) is 0 Å². The maximum atomic E-state index is 13.5. The Balaban J connectivity index is 2.06. The zero-order valence-electron chi connectivity index (χ0n) is 18.2. The molecule has 1 atom stereocenters. The zero-order valence-corrected chi connectivity index (χ0v) is 19.8. The summed E-state index contributed by atoms with van der Waals surface area (Å²) in [4.78, 5) is 8.13. The van der Waals surface area contributed by atoms with E-state index in [4.69, 9.17) is 27.7 Å². The van der Waals surface area contributed by atoms with Gasteiger partial charge in [0.05, 0.1) is 30.4 Å². The Hall–Kier alpha value is -2.55. The molecule has 2 aromatic carbocycles. The molecule has 1 heterocycles. The molecule has 0 N–H and O–H groups in total. The molecule has 0 amide bonds. The van der Waals surface area contributed by atoms with Crippen molar-refractivity contribution in [3.05, 3.63) is 63.2 Å². The van der Waals surface area contributed by atoms with Crippen LogP contribution in [0.2, 0.25) is 5.02 Å². The van der Waals surface area contributed by atoms with Crippen molar-refractivity contribution >= 4 is 28.1 Å². The summed E-state index contributed by atoms with van der Waals surface area (Å²) >= 11 is 8.15. The molecule has 0 saturated carbocycles. The molecule has 0 aliphatic rings. The van der Waals surface area contributed by atoms with Crippen LogP contribution in [0, 0.1) is 32.0 Å². The lowest BCUT2D eigenvalue weighted by Crippen LogP contribution is -2.29.